The summed E-state index contributed by atoms with van der Waals surface area (Å²) in [5.41, 5.74) is 5.06. The number of hydrogen-bond donors (Lipinski definition) is 1. The highest BCUT2D eigenvalue weighted by molar-refractivity contribution is 7.92. The monoisotopic (exact) mass is 465 g/mol. The maximum atomic E-state index is 12.8. The number of anilines is 1. The first-order valence-electron chi connectivity index (χ1n) is 10.4. The van der Waals surface area contributed by atoms with E-state index in [-0.39, 0.29) is 11.0 Å². The van der Waals surface area contributed by atoms with Crippen LogP contribution in [-0.2, 0) is 10.0 Å². The second-order valence-electron chi connectivity index (χ2n) is 7.77. The van der Waals surface area contributed by atoms with Crippen LogP contribution in [0.25, 0.3) is 0 Å². The Morgan fingerprint density at radius 1 is 0.970 bits per heavy atom. The highest BCUT2D eigenvalue weighted by Gasteiger charge is 2.21. The van der Waals surface area contributed by atoms with Gasteiger partial charge in [0, 0.05) is 12.6 Å². The Labute approximate surface area is 194 Å². The molecule has 0 heterocycles. The summed E-state index contributed by atoms with van der Waals surface area (Å²) in [5, 5.41) is 3.98. The zero-order valence-corrected chi connectivity index (χ0v) is 19.8. The number of amides is 1. The maximum absolute atomic E-state index is 12.8. The van der Waals surface area contributed by atoms with E-state index < -0.39 is 15.9 Å². The van der Waals surface area contributed by atoms with Gasteiger partial charge in [0.15, 0.2) is 0 Å². The quantitative estimate of drug-likeness (QED) is 0.395. The Kier molecular flexibility index (Phi) is 7.50. The van der Waals surface area contributed by atoms with Gasteiger partial charge in [0.1, 0.15) is 5.75 Å². The normalized spacial score (nSPS) is 11.5. The molecule has 0 aliphatic carbocycles. The van der Waals surface area contributed by atoms with Crippen LogP contribution in [0.15, 0.2) is 82.8 Å². The van der Waals surface area contributed by atoms with Crippen molar-refractivity contribution in [1.82, 2.24) is 5.43 Å². The van der Waals surface area contributed by atoms with Crippen LogP contribution in [0.1, 0.15) is 35.3 Å². The molecular formula is C25H27N3O4S. The number of nitrogens with one attached hydrogen (secondary N) is 1. The molecule has 0 aliphatic heterocycles. The van der Waals surface area contributed by atoms with Gasteiger partial charge in [-0.1, -0.05) is 17.7 Å². The van der Waals surface area contributed by atoms with Gasteiger partial charge in [-0.3, -0.25) is 9.10 Å². The van der Waals surface area contributed by atoms with Crippen molar-refractivity contribution in [3.8, 4) is 5.75 Å². The van der Waals surface area contributed by atoms with E-state index in [1.165, 1.54) is 17.6 Å². The van der Waals surface area contributed by atoms with E-state index in [0.717, 1.165) is 16.9 Å². The van der Waals surface area contributed by atoms with E-state index in [0.29, 0.717) is 11.3 Å². The number of carbonyl (C=O) groups is 1. The van der Waals surface area contributed by atoms with Gasteiger partial charge in [-0.15, -0.1) is 0 Å². The summed E-state index contributed by atoms with van der Waals surface area (Å²) in [7, 11) is -2.22. The molecule has 0 unspecified atom stereocenters. The summed E-state index contributed by atoms with van der Waals surface area (Å²) in [5.74, 6) is 0.363. The first kappa shape index (κ1) is 24.0. The van der Waals surface area contributed by atoms with E-state index in [4.69, 9.17) is 4.74 Å². The summed E-state index contributed by atoms with van der Waals surface area (Å²) in [6, 6.07) is 20.3. The molecule has 0 radical (unpaired) electrons. The highest BCUT2D eigenvalue weighted by atomic mass is 32.2. The van der Waals surface area contributed by atoms with E-state index in [1.807, 2.05) is 45.0 Å². The van der Waals surface area contributed by atoms with Crippen LogP contribution in [0.3, 0.4) is 0 Å². The second-order valence-corrected chi connectivity index (χ2v) is 9.74. The molecule has 0 aliphatic rings. The van der Waals surface area contributed by atoms with Crippen molar-refractivity contribution in [3.05, 3.63) is 89.5 Å². The SMILES string of the molecule is Cc1ccc(S(=O)(=O)N(C)c2ccc(C(=O)N/N=C\c3ccc(OC(C)C)cc3)cc2)cc1. The Morgan fingerprint density at radius 3 is 2.15 bits per heavy atom. The Balaban J connectivity index is 1.62. The topological polar surface area (TPSA) is 88.1 Å². The number of hydrogen-bond acceptors (Lipinski definition) is 5. The van der Waals surface area contributed by atoms with Crippen molar-refractivity contribution in [1.29, 1.82) is 0 Å². The first-order chi connectivity index (χ1) is 15.7. The van der Waals surface area contributed by atoms with Gasteiger partial charge >= 0.3 is 0 Å². The molecule has 0 fully saturated rings. The van der Waals surface area contributed by atoms with Crippen LogP contribution in [0, 0.1) is 6.92 Å². The predicted octanol–water partition coefficient (Wildman–Crippen LogP) is 4.37. The van der Waals surface area contributed by atoms with E-state index in [9.17, 15) is 13.2 Å². The summed E-state index contributed by atoms with van der Waals surface area (Å²) >= 11 is 0. The molecule has 3 aromatic carbocycles. The van der Waals surface area contributed by atoms with Crippen LogP contribution >= 0.6 is 0 Å². The zero-order chi connectivity index (χ0) is 24.0. The molecule has 3 aromatic rings. The van der Waals surface area contributed by atoms with Crippen LogP contribution in [0.4, 0.5) is 5.69 Å². The Morgan fingerprint density at radius 2 is 1.58 bits per heavy atom. The maximum Gasteiger partial charge on any atom is 0.271 e. The number of nitrogens with zero attached hydrogens (tertiary/aromatic N) is 2. The molecule has 172 valence electrons. The number of hydrazone groups is 1. The summed E-state index contributed by atoms with van der Waals surface area (Å²) < 4.78 is 32.4. The number of aryl methyl sites for hydroxylation is 1. The number of carbonyl (C=O) groups excluding carboxylic acids is 1. The third-order valence-electron chi connectivity index (χ3n) is 4.80. The lowest BCUT2D eigenvalue weighted by Crippen LogP contribution is -2.26. The van der Waals surface area contributed by atoms with Crippen molar-refractivity contribution in [2.75, 3.05) is 11.4 Å². The van der Waals surface area contributed by atoms with Crippen molar-refractivity contribution < 1.29 is 17.9 Å². The molecule has 1 N–H and O–H groups in total. The molecule has 8 heteroatoms. The zero-order valence-electron chi connectivity index (χ0n) is 19.0. The Hall–Kier alpha value is -3.65. The number of benzene rings is 3. The second kappa shape index (κ2) is 10.3. The fourth-order valence-corrected chi connectivity index (χ4v) is 4.16. The van der Waals surface area contributed by atoms with Crippen molar-refractivity contribution >= 4 is 27.8 Å². The lowest BCUT2D eigenvalue weighted by atomic mass is 10.2. The Bertz CT molecular complexity index is 1220. The molecule has 33 heavy (non-hydrogen) atoms. The third kappa shape index (κ3) is 6.20. The standard InChI is InChI=1S/C25H27N3O4S/c1-18(2)32-23-13-7-20(8-14-23)17-26-27-25(29)21-9-11-22(12-10-21)28(4)33(30,31)24-15-5-19(3)6-16-24/h5-18H,1-4H3,(H,27,29)/b26-17-. The average molecular weight is 466 g/mol. The summed E-state index contributed by atoms with van der Waals surface area (Å²) in [6.45, 7) is 5.81. The van der Waals surface area contributed by atoms with Gasteiger partial charge in [0.05, 0.1) is 22.9 Å². The third-order valence-corrected chi connectivity index (χ3v) is 6.60. The van der Waals surface area contributed by atoms with Crippen LogP contribution in [-0.4, -0.2) is 33.7 Å². The minimum Gasteiger partial charge on any atom is -0.491 e. The lowest BCUT2D eigenvalue weighted by Gasteiger charge is -2.19. The van der Waals surface area contributed by atoms with E-state index >= 15 is 0 Å². The first-order valence-corrected chi connectivity index (χ1v) is 11.9. The molecule has 3 rings (SSSR count). The largest absolute Gasteiger partial charge is 0.491 e. The average Bonchev–Trinajstić information content (AvgIpc) is 2.79. The molecule has 7 nitrogen and oxygen atoms in total. The fourth-order valence-electron chi connectivity index (χ4n) is 2.96. The van der Waals surface area contributed by atoms with Crippen LogP contribution < -0.4 is 14.5 Å². The molecule has 0 spiro atoms. The summed E-state index contributed by atoms with van der Waals surface area (Å²) in [4.78, 5) is 12.6. The van der Waals surface area contributed by atoms with Gasteiger partial charge in [-0.05, 0) is 87.0 Å². The van der Waals surface area contributed by atoms with Crippen LogP contribution in [0.2, 0.25) is 0 Å². The minimum absolute atomic E-state index is 0.0951. The van der Waals surface area contributed by atoms with Gasteiger partial charge in [0.2, 0.25) is 0 Å². The smallest absolute Gasteiger partial charge is 0.271 e. The van der Waals surface area contributed by atoms with Crippen molar-refractivity contribution in [2.45, 2.75) is 31.8 Å². The van der Waals surface area contributed by atoms with Gasteiger partial charge in [-0.25, -0.2) is 13.8 Å². The molecule has 0 aromatic heterocycles. The van der Waals surface area contributed by atoms with Crippen molar-refractivity contribution in [2.24, 2.45) is 5.10 Å². The van der Waals surface area contributed by atoms with E-state index in [1.54, 1.807) is 48.5 Å². The minimum atomic E-state index is -3.70. The molecule has 1 amide bonds. The van der Waals surface area contributed by atoms with Gasteiger partial charge < -0.3 is 4.74 Å². The molecular weight excluding hydrogens is 438 g/mol. The fraction of sp³-hybridized carbons (Fsp3) is 0.200. The predicted molar refractivity (Wildman–Crippen MR) is 130 cm³/mol. The van der Waals surface area contributed by atoms with Crippen molar-refractivity contribution in [3.63, 3.8) is 0 Å². The molecule has 0 bridgehead atoms. The van der Waals surface area contributed by atoms with E-state index in [2.05, 4.69) is 10.5 Å². The van der Waals surface area contributed by atoms with Gasteiger partial charge in [-0.2, -0.15) is 5.10 Å². The molecule has 0 saturated heterocycles. The lowest BCUT2D eigenvalue weighted by molar-refractivity contribution is 0.0955. The highest BCUT2D eigenvalue weighted by Crippen LogP contribution is 2.22. The molecule has 0 atom stereocenters. The van der Waals surface area contributed by atoms with Gasteiger partial charge in [0.25, 0.3) is 15.9 Å². The molecule has 0 saturated carbocycles. The number of sulfonamides is 1. The van der Waals surface area contributed by atoms with Crippen LogP contribution in [0.5, 0.6) is 5.75 Å². The number of ether oxygens (including phenoxy) is 1. The number of rotatable bonds is 8. The summed E-state index contributed by atoms with van der Waals surface area (Å²) in [6.07, 6.45) is 1.63.